The van der Waals surface area contributed by atoms with Crippen LogP contribution < -0.4 is 5.32 Å². The van der Waals surface area contributed by atoms with Gasteiger partial charge in [0.25, 0.3) is 0 Å². The second kappa shape index (κ2) is 4.29. The minimum atomic E-state index is -0.800. The minimum absolute atomic E-state index is 0.0678. The van der Waals surface area contributed by atoms with Crippen LogP contribution in [0.1, 0.15) is 51.9 Å². The number of hydrogen-bond acceptors (Lipinski definition) is 1. The normalized spacial score (nSPS) is 49.0. The molecular formula is C16H23Cl2NO. The van der Waals surface area contributed by atoms with Crippen LogP contribution in [0.2, 0.25) is 0 Å². The van der Waals surface area contributed by atoms with Crippen molar-refractivity contribution in [2.75, 3.05) is 0 Å². The molecule has 0 radical (unpaired) electrons. The first-order valence-corrected chi connectivity index (χ1v) is 8.82. The van der Waals surface area contributed by atoms with Crippen LogP contribution in [-0.2, 0) is 4.79 Å². The Balaban J connectivity index is 1.46. The molecule has 2 atom stereocenters. The highest BCUT2D eigenvalue weighted by Gasteiger charge is 2.58. The molecule has 2 nitrogen and oxygen atoms in total. The van der Waals surface area contributed by atoms with E-state index < -0.39 is 4.33 Å². The predicted octanol–water partition coefficient (Wildman–Crippen LogP) is 3.90. The van der Waals surface area contributed by atoms with Crippen LogP contribution in [0.25, 0.3) is 0 Å². The summed E-state index contributed by atoms with van der Waals surface area (Å²) < 4.78 is -0.800. The van der Waals surface area contributed by atoms with Gasteiger partial charge < -0.3 is 5.32 Å². The Bertz CT molecular complexity index is 412. The van der Waals surface area contributed by atoms with Crippen LogP contribution >= 0.6 is 23.2 Å². The largest absolute Gasteiger partial charge is 0.353 e. The molecule has 0 aromatic rings. The Morgan fingerprint density at radius 3 is 1.90 bits per heavy atom. The topological polar surface area (TPSA) is 29.1 Å². The fourth-order valence-electron chi connectivity index (χ4n) is 5.67. The fourth-order valence-corrected chi connectivity index (χ4v) is 6.18. The molecule has 0 aromatic heterocycles. The van der Waals surface area contributed by atoms with Crippen molar-refractivity contribution < 1.29 is 4.79 Å². The van der Waals surface area contributed by atoms with Gasteiger partial charge in [-0.2, -0.15) is 0 Å². The monoisotopic (exact) mass is 315 g/mol. The fraction of sp³-hybridized carbons (Fsp3) is 0.938. The predicted molar refractivity (Wildman–Crippen MR) is 80.8 cm³/mol. The van der Waals surface area contributed by atoms with Crippen molar-refractivity contribution in [2.45, 2.75) is 62.2 Å². The molecule has 0 aromatic carbocycles. The van der Waals surface area contributed by atoms with Crippen LogP contribution in [0.3, 0.4) is 0 Å². The average molecular weight is 316 g/mol. The first-order valence-electron chi connectivity index (χ1n) is 8.06. The molecule has 20 heavy (non-hydrogen) atoms. The van der Waals surface area contributed by atoms with Crippen molar-refractivity contribution in [2.24, 2.45) is 29.1 Å². The summed E-state index contributed by atoms with van der Waals surface area (Å²) in [7, 11) is 0. The summed E-state index contributed by atoms with van der Waals surface area (Å²) in [5, 5.41) is 3.25. The molecule has 0 spiro atoms. The van der Waals surface area contributed by atoms with Crippen LogP contribution in [0.5, 0.6) is 0 Å². The number of halogens is 2. The molecule has 0 aliphatic heterocycles. The lowest BCUT2D eigenvalue weighted by molar-refractivity contribution is -0.127. The van der Waals surface area contributed by atoms with Gasteiger partial charge in [0.1, 0.15) is 4.33 Å². The zero-order valence-corrected chi connectivity index (χ0v) is 13.5. The van der Waals surface area contributed by atoms with Gasteiger partial charge in [0.05, 0.1) is 5.92 Å². The van der Waals surface area contributed by atoms with E-state index in [1.165, 1.54) is 38.5 Å². The summed E-state index contributed by atoms with van der Waals surface area (Å²) in [5.41, 5.74) is 0.362. The van der Waals surface area contributed by atoms with E-state index in [0.717, 1.165) is 17.8 Å². The third-order valence-corrected chi connectivity index (χ3v) is 7.34. The molecular weight excluding hydrogens is 293 g/mol. The third-order valence-electron chi connectivity index (χ3n) is 6.51. The second-order valence-electron chi connectivity index (χ2n) is 8.03. The number of nitrogens with one attached hydrogen (secondary N) is 1. The Morgan fingerprint density at radius 2 is 1.50 bits per heavy atom. The molecule has 0 heterocycles. The molecule has 4 bridgehead atoms. The molecule has 5 fully saturated rings. The molecule has 1 amide bonds. The highest BCUT2D eigenvalue weighted by atomic mass is 35.5. The maximum Gasteiger partial charge on any atom is 0.226 e. The number of carbonyl (C=O) groups excluding carboxylic acids is 1. The first kappa shape index (κ1) is 13.7. The third kappa shape index (κ3) is 2.09. The highest BCUT2D eigenvalue weighted by Crippen LogP contribution is 2.61. The first-order chi connectivity index (χ1) is 9.38. The van der Waals surface area contributed by atoms with E-state index >= 15 is 0 Å². The van der Waals surface area contributed by atoms with E-state index in [9.17, 15) is 4.79 Å². The van der Waals surface area contributed by atoms with Crippen molar-refractivity contribution in [3.63, 3.8) is 0 Å². The Labute approximate surface area is 131 Å². The van der Waals surface area contributed by atoms with E-state index in [1.54, 1.807) is 0 Å². The summed E-state index contributed by atoms with van der Waals surface area (Å²) >= 11 is 12.0. The molecule has 5 aliphatic rings. The Kier molecular flexibility index (Phi) is 2.94. The Morgan fingerprint density at radius 1 is 1.05 bits per heavy atom. The molecule has 0 unspecified atom stereocenters. The maximum absolute atomic E-state index is 12.2. The lowest BCUT2D eigenvalue weighted by atomic mass is 9.48. The van der Waals surface area contributed by atoms with Gasteiger partial charge in [-0.25, -0.2) is 0 Å². The standard InChI is InChI=1S/C16H23Cl2NO/c1-9(19-14(20)13-8-16(13,17)18)15-5-10-2-11(6-15)4-12(3-10)7-15/h9-13H,2-8H2,1H3,(H,19,20)/t9-,10?,11?,12?,13-,15?/m1/s1. The molecule has 5 rings (SSSR count). The number of carbonyl (C=O) groups is 1. The summed E-state index contributed by atoms with van der Waals surface area (Å²) in [4.78, 5) is 12.2. The van der Waals surface area contributed by atoms with Crippen molar-refractivity contribution in [3.05, 3.63) is 0 Å². The summed E-state index contributed by atoms with van der Waals surface area (Å²) in [6.07, 6.45) is 8.88. The SMILES string of the molecule is C[C@@H](NC(=O)[C@H]1CC1(Cl)Cl)C12CC3CC(CC(C3)C1)C2. The van der Waals surface area contributed by atoms with Gasteiger partial charge in [0.2, 0.25) is 5.91 Å². The quantitative estimate of drug-likeness (QED) is 0.786. The second-order valence-corrected chi connectivity index (χ2v) is 9.57. The number of rotatable bonds is 3. The van der Waals surface area contributed by atoms with E-state index in [1.807, 2.05) is 0 Å². The summed E-state index contributed by atoms with van der Waals surface area (Å²) in [6.45, 7) is 2.21. The molecule has 112 valence electrons. The smallest absolute Gasteiger partial charge is 0.226 e. The summed E-state index contributed by atoms with van der Waals surface area (Å²) in [5.74, 6) is 2.63. The van der Waals surface area contributed by atoms with Crippen molar-refractivity contribution in [1.29, 1.82) is 0 Å². The van der Waals surface area contributed by atoms with Gasteiger partial charge in [-0.1, -0.05) is 0 Å². The maximum atomic E-state index is 12.2. The number of amides is 1. The lowest BCUT2D eigenvalue weighted by Crippen LogP contribution is -2.56. The van der Waals surface area contributed by atoms with Gasteiger partial charge in [-0.15, -0.1) is 23.2 Å². The van der Waals surface area contributed by atoms with Crippen molar-refractivity contribution in [1.82, 2.24) is 5.32 Å². The van der Waals surface area contributed by atoms with Gasteiger partial charge in [-0.05, 0) is 75.0 Å². The van der Waals surface area contributed by atoms with Crippen LogP contribution in [-0.4, -0.2) is 16.3 Å². The molecule has 1 N–H and O–H groups in total. The van der Waals surface area contributed by atoms with Gasteiger partial charge in [-0.3, -0.25) is 4.79 Å². The van der Waals surface area contributed by atoms with Crippen molar-refractivity contribution >= 4 is 29.1 Å². The number of hydrogen-bond donors (Lipinski definition) is 1. The lowest BCUT2D eigenvalue weighted by Gasteiger charge is -2.59. The van der Waals surface area contributed by atoms with Crippen molar-refractivity contribution in [3.8, 4) is 0 Å². The van der Waals surface area contributed by atoms with E-state index in [0.29, 0.717) is 11.8 Å². The number of alkyl halides is 2. The minimum Gasteiger partial charge on any atom is -0.353 e. The molecule has 4 heteroatoms. The highest BCUT2D eigenvalue weighted by molar-refractivity contribution is 6.52. The Hall–Kier alpha value is 0.0500. The molecule has 5 saturated carbocycles. The van der Waals surface area contributed by atoms with E-state index in [4.69, 9.17) is 23.2 Å². The van der Waals surface area contributed by atoms with E-state index in [2.05, 4.69) is 12.2 Å². The van der Waals surface area contributed by atoms with Gasteiger partial charge in [0.15, 0.2) is 0 Å². The van der Waals surface area contributed by atoms with Crippen LogP contribution in [0, 0.1) is 29.1 Å². The van der Waals surface area contributed by atoms with Gasteiger partial charge >= 0.3 is 0 Å². The van der Waals surface area contributed by atoms with Crippen LogP contribution in [0.15, 0.2) is 0 Å². The zero-order chi connectivity index (χ0) is 14.1. The molecule has 0 saturated heterocycles. The zero-order valence-electron chi connectivity index (χ0n) is 12.0. The summed E-state index contributed by atoms with van der Waals surface area (Å²) in [6, 6.07) is 0.271. The molecule has 5 aliphatic carbocycles. The van der Waals surface area contributed by atoms with Gasteiger partial charge in [0, 0.05) is 6.04 Å². The van der Waals surface area contributed by atoms with Crippen LogP contribution in [0.4, 0.5) is 0 Å². The average Bonchev–Trinajstić information content (AvgIpc) is 2.96. The van der Waals surface area contributed by atoms with E-state index in [-0.39, 0.29) is 17.9 Å².